The molecular formula is C19H20N4O3S. The monoisotopic (exact) mass is 384 g/mol. The summed E-state index contributed by atoms with van der Waals surface area (Å²) in [5, 5.41) is 3.23. The molecule has 1 amide bonds. The molecule has 0 atom stereocenters. The van der Waals surface area contributed by atoms with Crippen molar-refractivity contribution in [1.82, 2.24) is 19.4 Å². The highest BCUT2D eigenvalue weighted by Crippen LogP contribution is 2.23. The number of thioether (sulfide) groups is 1. The number of fused-ring (bicyclic) bond motifs is 1. The van der Waals surface area contributed by atoms with E-state index in [9.17, 15) is 14.4 Å². The summed E-state index contributed by atoms with van der Waals surface area (Å²) in [5.74, 6) is 0.0717. The fourth-order valence-electron chi connectivity index (χ4n) is 2.76. The highest BCUT2D eigenvalue weighted by Gasteiger charge is 2.14. The first-order valence-corrected chi connectivity index (χ1v) is 9.45. The van der Waals surface area contributed by atoms with Gasteiger partial charge >= 0.3 is 5.69 Å². The molecule has 7 nitrogen and oxygen atoms in total. The van der Waals surface area contributed by atoms with Crippen molar-refractivity contribution in [3.63, 3.8) is 0 Å². The van der Waals surface area contributed by atoms with Crippen LogP contribution in [-0.2, 0) is 25.3 Å². The van der Waals surface area contributed by atoms with Gasteiger partial charge in [0.25, 0.3) is 5.56 Å². The Kier molecular flexibility index (Phi) is 5.75. The number of aryl methyl sites for hydroxylation is 1. The first-order valence-electron chi connectivity index (χ1n) is 8.47. The van der Waals surface area contributed by atoms with Gasteiger partial charge in [-0.1, -0.05) is 30.3 Å². The average molecular weight is 384 g/mol. The number of pyridine rings is 1. The molecule has 140 valence electrons. The van der Waals surface area contributed by atoms with E-state index in [1.165, 1.54) is 29.6 Å². The maximum Gasteiger partial charge on any atom is 0.332 e. The summed E-state index contributed by atoms with van der Waals surface area (Å²) in [6.07, 6.45) is 2.30. The summed E-state index contributed by atoms with van der Waals surface area (Å²) in [5.41, 5.74) is 0.640. The molecule has 0 aliphatic carbocycles. The molecule has 2 heterocycles. The Hall–Kier alpha value is -2.87. The highest BCUT2D eigenvalue weighted by molar-refractivity contribution is 8.00. The van der Waals surface area contributed by atoms with E-state index in [4.69, 9.17) is 0 Å². The molecule has 0 saturated carbocycles. The van der Waals surface area contributed by atoms with Crippen LogP contribution in [0, 0.1) is 0 Å². The number of rotatable bonds is 6. The van der Waals surface area contributed by atoms with Crippen molar-refractivity contribution in [3.05, 3.63) is 69.0 Å². The molecule has 8 heteroatoms. The Morgan fingerprint density at radius 1 is 1.11 bits per heavy atom. The second-order valence-corrected chi connectivity index (χ2v) is 7.10. The van der Waals surface area contributed by atoms with Crippen LogP contribution in [-0.4, -0.2) is 32.3 Å². The van der Waals surface area contributed by atoms with Crippen molar-refractivity contribution in [1.29, 1.82) is 0 Å². The van der Waals surface area contributed by atoms with Gasteiger partial charge in [0.15, 0.2) is 0 Å². The van der Waals surface area contributed by atoms with Crippen molar-refractivity contribution >= 4 is 28.7 Å². The number of benzene rings is 1. The van der Waals surface area contributed by atoms with Crippen LogP contribution in [0.15, 0.2) is 57.1 Å². The lowest BCUT2D eigenvalue weighted by molar-refractivity contribution is -0.118. The third-order valence-electron chi connectivity index (χ3n) is 4.24. The summed E-state index contributed by atoms with van der Waals surface area (Å²) in [7, 11) is 3.00. The van der Waals surface area contributed by atoms with Crippen molar-refractivity contribution in [3.8, 4) is 0 Å². The fraction of sp³-hybridized carbons (Fsp3) is 0.263. The van der Waals surface area contributed by atoms with Crippen LogP contribution in [0.4, 0.5) is 0 Å². The number of hydrogen-bond acceptors (Lipinski definition) is 5. The van der Waals surface area contributed by atoms with E-state index in [0.29, 0.717) is 22.5 Å². The molecule has 3 aromatic rings. The summed E-state index contributed by atoms with van der Waals surface area (Å²) in [6.45, 7) is 0.552. The molecule has 0 bridgehead atoms. The number of amides is 1. The lowest BCUT2D eigenvalue weighted by Crippen LogP contribution is -2.37. The zero-order valence-electron chi connectivity index (χ0n) is 15.1. The van der Waals surface area contributed by atoms with Gasteiger partial charge in [0.2, 0.25) is 5.91 Å². The Bertz CT molecular complexity index is 1090. The van der Waals surface area contributed by atoms with E-state index in [1.54, 1.807) is 13.1 Å². The minimum Gasteiger partial charge on any atom is -0.355 e. The maximum atomic E-state index is 12.5. The second-order valence-electron chi connectivity index (χ2n) is 6.09. The third kappa shape index (κ3) is 4.11. The fourth-order valence-corrected chi connectivity index (χ4v) is 3.63. The van der Waals surface area contributed by atoms with Gasteiger partial charge in [-0.3, -0.25) is 18.7 Å². The number of hydrogen-bond donors (Lipinski definition) is 1. The summed E-state index contributed by atoms with van der Waals surface area (Å²) >= 11 is 1.26. The van der Waals surface area contributed by atoms with E-state index in [0.717, 1.165) is 16.6 Å². The Labute approximate surface area is 160 Å². The van der Waals surface area contributed by atoms with Crippen LogP contribution in [0.3, 0.4) is 0 Å². The van der Waals surface area contributed by atoms with Gasteiger partial charge in [-0.25, -0.2) is 9.78 Å². The zero-order valence-corrected chi connectivity index (χ0v) is 16.0. The van der Waals surface area contributed by atoms with Gasteiger partial charge in [-0.05, 0) is 18.1 Å². The number of nitrogens with zero attached hydrogens (tertiary/aromatic N) is 3. The lowest BCUT2D eigenvalue weighted by atomic mass is 10.1. The molecule has 0 radical (unpaired) electrons. The second kappa shape index (κ2) is 8.22. The molecule has 2 aromatic heterocycles. The molecule has 1 N–H and O–H groups in total. The first kappa shape index (κ1) is 18.9. The van der Waals surface area contributed by atoms with E-state index < -0.39 is 11.2 Å². The smallest absolute Gasteiger partial charge is 0.332 e. The quantitative estimate of drug-likeness (QED) is 0.643. The van der Waals surface area contributed by atoms with Gasteiger partial charge in [-0.15, -0.1) is 11.8 Å². The van der Waals surface area contributed by atoms with Crippen molar-refractivity contribution in [2.75, 3.05) is 12.3 Å². The maximum absolute atomic E-state index is 12.5. The Morgan fingerprint density at radius 2 is 1.85 bits per heavy atom. The lowest BCUT2D eigenvalue weighted by Gasteiger charge is -2.10. The Morgan fingerprint density at radius 3 is 2.59 bits per heavy atom. The molecule has 0 saturated heterocycles. The highest BCUT2D eigenvalue weighted by atomic mass is 32.2. The largest absolute Gasteiger partial charge is 0.355 e. The van der Waals surface area contributed by atoms with Gasteiger partial charge < -0.3 is 5.32 Å². The normalized spacial score (nSPS) is 10.9. The summed E-state index contributed by atoms with van der Waals surface area (Å²) < 4.78 is 2.38. The molecular weight excluding hydrogens is 364 g/mol. The van der Waals surface area contributed by atoms with Crippen LogP contribution < -0.4 is 16.6 Å². The summed E-state index contributed by atoms with van der Waals surface area (Å²) in [4.78, 5) is 41.4. The third-order valence-corrected chi connectivity index (χ3v) is 5.30. The van der Waals surface area contributed by atoms with Gasteiger partial charge in [0.1, 0.15) is 5.65 Å². The van der Waals surface area contributed by atoms with Crippen LogP contribution in [0.1, 0.15) is 5.56 Å². The molecule has 0 unspecified atom stereocenters. The molecule has 0 fully saturated rings. The van der Waals surface area contributed by atoms with Gasteiger partial charge in [0.05, 0.1) is 11.1 Å². The van der Waals surface area contributed by atoms with Crippen LogP contribution in [0.2, 0.25) is 0 Å². The number of carbonyl (C=O) groups is 1. The van der Waals surface area contributed by atoms with Crippen LogP contribution in [0.5, 0.6) is 0 Å². The zero-order chi connectivity index (χ0) is 19.4. The topological polar surface area (TPSA) is 86.0 Å². The predicted molar refractivity (Wildman–Crippen MR) is 106 cm³/mol. The van der Waals surface area contributed by atoms with Crippen LogP contribution in [0.25, 0.3) is 11.0 Å². The van der Waals surface area contributed by atoms with E-state index in [1.807, 2.05) is 30.3 Å². The SMILES string of the molecule is Cn1c(=O)c2c(SCC(=O)NCCc3ccccc3)ccnc2n(C)c1=O. The van der Waals surface area contributed by atoms with E-state index in [2.05, 4.69) is 10.3 Å². The molecule has 1 aromatic carbocycles. The molecule has 0 aliphatic rings. The van der Waals surface area contributed by atoms with Gasteiger partial charge in [-0.2, -0.15) is 0 Å². The minimum atomic E-state index is -0.430. The number of aromatic nitrogens is 3. The van der Waals surface area contributed by atoms with Gasteiger partial charge in [0, 0.05) is 31.7 Å². The molecule has 27 heavy (non-hydrogen) atoms. The molecule has 0 aliphatic heterocycles. The van der Waals surface area contributed by atoms with Crippen molar-refractivity contribution < 1.29 is 4.79 Å². The average Bonchev–Trinajstić information content (AvgIpc) is 2.69. The van der Waals surface area contributed by atoms with E-state index in [-0.39, 0.29) is 11.7 Å². The number of nitrogens with one attached hydrogen (secondary N) is 1. The van der Waals surface area contributed by atoms with Crippen molar-refractivity contribution in [2.24, 2.45) is 14.1 Å². The minimum absolute atomic E-state index is 0.109. The predicted octanol–water partition coefficient (Wildman–Crippen LogP) is 1.08. The van der Waals surface area contributed by atoms with E-state index >= 15 is 0 Å². The molecule has 3 rings (SSSR count). The summed E-state index contributed by atoms with van der Waals surface area (Å²) in [6, 6.07) is 11.6. The van der Waals surface area contributed by atoms with Crippen LogP contribution >= 0.6 is 11.8 Å². The standard InChI is InChI=1S/C19H20N4O3S/c1-22-17-16(18(25)23(2)19(22)26)14(9-11-21-17)27-12-15(24)20-10-8-13-6-4-3-5-7-13/h3-7,9,11H,8,10,12H2,1-2H3,(H,20,24). The first-order chi connectivity index (χ1) is 13.0. The molecule has 0 spiro atoms. The Balaban J connectivity index is 1.69. The van der Waals surface area contributed by atoms with Crippen molar-refractivity contribution in [2.45, 2.75) is 11.3 Å². The number of carbonyl (C=O) groups excluding carboxylic acids is 1.